The Labute approximate surface area is 80.0 Å². The molecular weight excluding hydrogens is 212 g/mol. The third-order valence-corrected chi connectivity index (χ3v) is 1.50. The Hall–Kier alpha value is -0.257. The first kappa shape index (κ1) is 10.7. The van der Waals surface area contributed by atoms with E-state index in [4.69, 9.17) is 4.52 Å². The van der Waals surface area contributed by atoms with Gasteiger partial charge < -0.3 is 4.52 Å². The van der Waals surface area contributed by atoms with Gasteiger partial charge in [-0.25, -0.2) is 4.57 Å². The SMILES string of the molecule is Cc1ccccc1OP=O.[Zn+2]. The van der Waals surface area contributed by atoms with E-state index >= 15 is 0 Å². The summed E-state index contributed by atoms with van der Waals surface area (Å²) in [6.07, 6.45) is 0. The molecule has 1 aromatic rings. The molecule has 0 fully saturated rings. The fourth-order valence-electron chi connectivity index (χ4n) is 0.699. The van der Waals surface area contributed by atoms with E-state index in [0.717, 1.165) is 5.56 Å². The Morgan fingerprint density at radius 3 is 2.55 bits per heavy atom. The number of hydrogen-bond acceptors (Lipinski definition) is 2. The average molecular weight is 219 g/mol. The van der Waals surface area contributed by atoms with Crippen molar-refractivity contribution in [1.29, 1.82) is 0 Å². The van der Waals surface area contributed by atoms with Crippen LogP contribution in [0.25, 0.3) is 0 Å². The summed E-state index contributed by atoms with van der Waals surface area (Å²) in [6.45, 7) is 1.90. The second-order valence-electron chi connectivity index (χ2n) is 1.93. The predicted molar refractivity (Wildman–Crippen MR) is 39.4 cm³/mol. The molecular formula is C7H7O2PZn+2. The molecule has 0 radical (unpaired) electrons. The molecule has 0 saturated heterocycles. The van der Waals surface area contributed by atoms with Gasteiger partial charge in [0.1, 0.15) is 5.75 Å². The topological polar surface area (TPSA) is 26.3 Å². The van der Waals surface area contributed by atoms with E-state index in [1.54, 1.807) is 6.07 Å². The summed E-state index contributed by atoms with van der Waals surface area (Å²) in [6, 6.07) is 7.43. The van der Waals surface area contributed by atoms with E-state index < -0.39 is 0 Å². The minimum atomic E-state index is -0.300. The fraction of sp³-hybridized carbons (Fsp3) is 0.143. The zero-order chi connectivity index (χ0) is 7.40. The molecule has 0 atom stereocenters. The summed E-state index contributed by atoms with van der Waals surface area (Å²) in [5.41, 5.74) is 0.992. The third kappa shape index (κ3) is 3.09. The smallest absolute Gasteiger partial charge is 0.407 e. The quantitative estimate of drug-likeness (QED) is 0.564. The summed E-state index contributed by atoms with van der Waals surface area (Å²) in [4.78, 5) is 0. The van der Waals surface area contributed by atoms with Crippen LogP contribution >= 0.6 is 8.69 Å². The second-order valence-corrected chi connectivity index (χ2v) is 2.26. The number of aryl methyl sites for hydroxylation is 1. The molecule has 2 nitrogen and oxygen atoms in total. The van der Waals surface area contributed by atoms with Gasteiger partial charge in [-0.3, -0.25) is 0 Å². The van der Waals surface area contributed by atoms with Gasteiger partial charge in [0.25, 0.3) is 0 Å². The second kappa shape index (κ2) is 5.40. The summed E-state index contributed by atoms with van der Waals surface area (Å²) in [5, 5.41) is 0. The molecule has 1 rings (SSSR count). The van der Waals surface area contributed by atoms with Crippen LogP contribution in [-0.4, -0.2) is 0 Å². The molecule has 0 spiro atoms. The standard InChI is InChI=1S/C7H7O2P.Zn/c1-6-4-2-3-5-7(6)9-10-8;/h2-5H,1H3;/q;+2. The first-order valence-electron chi connectivity index (χ1n) is 2.90. The maximum absolute atomic E-state index is 10.0. The normalized spacial score (nSPS) is 8.82. The number of rotatable bonds is 2. The Kier molecular flexibility index (Phi) is 5.28. The molecule has 0 aromatic heterocycles. The first-order valence-corrected chi connectivity index (χ1v) is 3.63. The Bertz CT molecular complexity index is 240. The number of hydrogen-bond donors (Lipinski definition) is 0. The van der Waals surface area contributed by atoms with E-state index in [1.807, 2.05) is 25.1 Å². The molecule has 0 amide bonds. The molecule has 52 valence electrons. The van der Waals surface area contributed by atoms with Crippen molar-refractivity contribution in [2.24, 2.45) is 0 Å². The number of para-hydroxylation sites is 1. The van der Waals surface area contributed by atoms with Crippen LogP contribution in [0.15, 0.2) is 24.3 Å². The van der Waals surface area contributed by atoms with Gasteiger partial charge in [0, 0.05) is 0 Å². The molecule has 0 saturated carbocycles. The van der Waals surface area contributed by atoms with Gasteiger partial charge in [-0.2, -0.15) is 0 Å². The summed E-state index contributed by atoms with van der Waals surface area (Å²) in [5.74, 6) is 0.666. The van der Waals surface area contributed by atoms with Crippen LogP contribution in [0.4, 0.5) is 0 Å². The van der Waals surface area contributed by atoms with Crippen molar-refractivity contribution in [3.05, 3.63) is 29.8 Å². The van der Waals surface area contributed by atoms with Crippen molar-refractivity contribution in [3.8, 4) is 5.75 Å². The van der Waals surface area contributed by atoms with Crippen LogP contribution in [0.5, 0.6) is 5.75 Å². The molecule has 0 bridgehead atoms. The Morgan fingerprint density at radius 2 is 2.00 bits per heavy atom. The van der Waals surface area contributed by atoms with Crippen LogP contribution < -0.4 is 4.52 Å². The van der Waals surface area contributed by atoms with Crippen molar-refractivity contribution >= 4 is 8.69 Å². The van der Waals surface area contributed by atoms with Gasteiger partial charge in [0.05, 0.1) is 0 Å². The zero-order valence-electron chi connectivity index (χ0n) is 6.28. The van der Waals surface area contributed by atoms with Gasteiger partial charge in [-0.05, 0) is 18.6 Å². The Balaban J connectivity index is 0.000001000. The largest absolute Gasteiger partial charge is 2.00 e. The third-order valence-electron chi connectivity index (χ3n) is 1.23. The van der Waals surface area contributed by atoms with Gasteiger partial charge in [-0.1, -0.05) is 18.2 Å². The Morgan fingerprint density at radius 1 is 1.36 bits per heavy atom. The summed E-state index contributed by atoms with van der Waals surface area (Å²) < 4.78 is 14.8. The molecule has 0 N–H and O–H groups in total. The molecule has 0 aliphatic carbocycles. The number of benzene rings is 1. The molecule has 0 aliphatic rings. The molecule has 1 aromatic carbocycles. The van der Waals surface area contributed by atoms with Gasteiger partial charge >= 0.3 is 28.2 Å². The average Bonchev–Trinajstić information content (AvgIpc) is 1.94. The molecule has 11 heavy (non-hydrogen) atoms. The summed E-state index contributed by atoms with van der Waals surface area (Å²) >= 11 is 0. The fourth-order valence-corrected chi connectivity index (χ4v) is 0.984. The molecule has 0 heterocycles. The van der Waals surface area contributed by atoms with Gasteiger partial charge in [0.15, 0.2) is 0 Å². The van der Waals surface area contributed by atoms with Crippen LogP contribution in [0.3, 0.4) is 0 Å². The van der Waals surface area contributed by atoms with Crippen molar-refractivity contribution in [2.45, 2.75) is 6.92 Å². The van der Waals surface area contributed by atoms with Crippen LogP contribution in [0.2, 0.25) is 0 Å². The van der Waals surface area contributed by atoms with Crippen LogP contribution in [0.1, 0.15) is 5.56 Å². The van der Waals surface area contributed by atoms with Crippen LogP contribution in [-0.2, 0) is 24.0 Å². The van der Waals surface area contributed by atoms with Gasteiger partial charge in [-0.15, -0.1) is 0 Å². The minimum absolute atomic E-state index is 0. The maximum atomic E-state index is 10.0. The van der Waals surface area contributed by atoms with Crippen molar-refractivity contribution in [3.63, 3.8) is 0 Å². The molecule has 4 heteroatoms. The predicted octanol–water partition coefficient (Wildman–Crippen LogP) is 2.58. The first-order chi connectivity index (χ1) is 4.84. The van der Waals surface area contributed by atoms with Crippen molar-refractivity contribution in [1.82, 2.24) is 0 Å². The van der Waals surface area contributed by atoms with E-state index in [0.29, 0.717) is 5.75 Å². The van der Waals surface area contributed by atoms with Crippen molar-refractivity contribution in [2.75, 3.05) is 0 Å². The van der Waals surface area contributed by atoms with Crippen molar-refractivity contribution < 1.29 is 28.6 Å². The van der Waals surface area contributed by atoms with Gasteiger partial charge in [0.2, 0.25) is 0 Å². The van der Waals surface area contributed by atoms with E-state index in [2.05, 4.69) is 0 Å². The summed E-state index contributed by atoms with van der Waals surface area (Å²) in [7, 11) is -0.300. The molecule has 0 aliphatic heterocycles. The maximum Gasteiger partial charge on any atom is 2.00 e. The van der Waals surface area contributed by atoms with E-state index in [1.165, 1.54) is 0 Å². The monoisotopic (exact) mass is 218 g/mol. The van der Waals surface area contributed by atoms with E-state index in [-0.39, 0.29) is 28.2 Å². The van der Waals surface area contributed by atoms with E-state index in [9.17, 15) is 4.57 Å². The molecule has 0 unspecified atom stereocenters. The van der Waals surface area contributed by atoms with Crippen LogP contribution in [0, 0.1) is 6.92 Å². The zero-order valence-corrected chi connectivity index (χ0v) is 10.1. The minimum Gasteiger partial charge on any atom is -0.407 e.